The van der Waals surface area contributed by atoms with Crippen LogP contribution in [0.4, 0.5) is 0 Å². The molecule has 1 amide bonds. The van der Waals surface area contributed by atoms with Gasteiger partial charge >= 0.3 is 0 Å². The van der Waals surface area contributed by atoms with Gasteiger partial charge in [0.15, 0.2) is 5.11 Å². The van der Waals surface area contributed by atoms with Gasteiger partial charge in [0.1, 0.15) is 5.75 Å². The third kappa shape index (κ3) is 6.75. The van der Waals surface area contributed by atoms with E-state index in [1.807, 2.05) is 13.0 Å². The molecule has 0 saturated carbocycles. The molecule has 6 heteroatoms. The summed E-state index contributed by atoms with van der Waals surface area (Å²) in [6.45, 7) is 7.62. The molecule has 0 bridgehead atoms. The third-order valence-electron chi connectivity index (χ3n) is 2.90. The number of amides is 1. The Morgan fingerprint density at radius 3 is 2.77 bits per heavy atom. The van der Waals surface area contributed by atoms with Crippen molar-refractivity contribution in [2.45, 2.75) is 33.6 Å². The SMILES string of the molecule is CCCNC(=S)NC(=O)c1cc(Br)ccc1OCCC(C)C. The summed E-state index contributed by atoms with van der Waals surface area (Å²) in [5.41, 5.74) is 0.471. The Labute approximate surface area is 146 Å². The molecule has 0 aromatic heterocycles. The Bertz CT molecular complexity index is 521. The number of hydrogen-bond acceptors (Lipinski definition) is 3. The van der Waals surface area contributed by atoms with Crippen molar-refractivity contribution in [1.82, 2.24) is 10.6 Å². The molecule has 22 heavy (non-hydrogen) atoms. The first-order chi connectivity index (χ1) is 10.4. The smallest absolute Gasteiger partial charge is 0.261 e. The molecular weight excluding hydrogens is 364 g/mol. The highest BCUT2D eigenvalue weighted by molar-refractivity contribution is 9.10. The van der Waals surface area contributed by atoms with Gasteiger partial charge in [0.25, 0.3) is 5.91 Å². The number of thiocarbonyl (C=S) groups is 1. The second-order valence-electron chi connectivity index (χ2n) is 5.38. The summed E-state index contributed by atoms with van der Waals surface area (Å²) in [5.74, 6) is 0.854. The van der Waals surface area contributed by atoms with Gasteiger partial charge in [-0.05, 0) is 49.2 Å². The van der Waals surface area contributed by atoms with Gasteiger partial charge in [-0.2, -0.15) is 0 Å². The van der Waals surface area contributed by atoms with Gasteiger partial charge in [-0.1, -0.05) is 36.7 Å². The Kier molecular flexibility index (Phi) is 8.42. The van der Waals surface area contributed by atoms with Crippen molar-refractivity contribution in [3.05, 3.63) is 28.2 Å². The van der Waals surface area contributed by atoms with E-state index in [0.717, 1.165) is 23.9 Å². The lowest BCUT2D eigenvalue weighted by Crippen LogP contribution is -2.39. The lowest BCUT2D eigenvalue weighted by atomic mass is 10.1. The molecule has 1 rings (SSSR count). The quantitative estimate of drug-likeness (QED) is 0.697. The average molecular weight is 387 g/mol. The van der Waals surface area contributed by atoms with Crippen LogP contribution in [0.15, 0.2) is 22.7 Å². The fraction of sp³-hybridized carbons (Fsp3) is 0.500. The van der Waals surface area contributed by atoms with E-state index in [2.05, 4.69) is 40.4 Å². The second kappa shape index (κ2) is 9.79. The number of nitrogens with one attached hydrogen (secondary N) is 2. The average Bonchev–Trinajstić information content (AvgIpc) is 2.46. The number of benzene rings is 1. The molecule has 122 valence electrons. The molecule has 0 aliphatic rings. The van der Waals surface area contributed by atoms with E-state index in [0.29, 0.717) is 29.0 Å². The van der Waals surface area contributed by atoms with Gasteiger partial charge in [-0.15, -0.1) is 0 Å². The van der Waals surface area contributed by atoms with Crippen molar-refractivity contribution in [3.8, 4) is 5.75 Å². The van der Waals surface area contributed by atoms with Gasteiger partial charge in [0.05, 0.1) is 12.2 Å². The minimum absolute atomic E-state index is 0.269. The third-order valence-corrected chi connectivity index (χ3v) is 3.64. The number of carbonyl (C=O) groups is 1. The zero-order chi connectivity index (χ0) is 16.5. The van der Waals surface area contributed by atoms with E-state index in [1.54, 1.807) is 12.1 Å². The maximum atomic E-state index is 12.3. The van der Waals surface area contributed by atoms with Crippen LogP contribution in [0.2, 0.25) is 0 Å². The van der Waals surface area contributed by atoms with E-state index in [9.17, 15) is 4.79 Å². The van der Waals surface area contributed by atoms with Gasteiger partial charge in [-0.3, -0.25) is 10.1 Å². The lowest BCUT2D eigenvalue weighted by molar-refractivity contribution is 0.0972. The van der Waals surface area contributed by atoms with Crippen molar-refractivity contribution in [1.29, 1.82) is 0 Å². The van der Waals surface area contributed by atoms with E-state index < -0.39 is 0 Å². The normalized spacial score (nSPS) is 10.4. The molecular formula is C16H23BrN2O2S. The van der Waals surface area contributed by atoms with E-state index in [-0.39, 0.29) is 5.91 Å². The van der Waals surface area contributed by atoms with Crippen molar-refractivity contribution in [2.75, 3.05) is 13.2 Å². The van der Waals surface area contributed by atoms with Crippen LogP contribution >= 0.6 is 28.1 Å². The lowest BCUT2D eigenvalue weighted by Gasteiger charge is -2.14. The molecule has 0 unspecified atom stereocenters. The van der Waals surface area contributed by atoms with Crippen molar-refractivity contribution in [2.24, 2.45) is 5.92 Å². The van der Waals surface area contributed by atoms with Crippen LogP contribution in [0.25, 0.3) is 0 Å². The molecule has 0 aliphatic heterocycles. The predicted molar refractivity (Wildman–Crippen MR) is 97.4 cm³/mol. The molecule has 0 atom stereocenters. The van der Waals surface area contributed by atoms with Crippen LogP contribution in [-0.2, 0) is 0 Å². The number of halogens is 1. The molecule has 4 nitrogen and oxygen atoms in total. The number of rotatable bonds is 7. The van der Waals surface area contributed by atoms with E-state index in [4.69, 9.17) is 17.0 Å². The fourth-order valence-corrected chi connectivity index (χ4v) is 2.22. The Morgan fingerprint density at radius 2 is 2.14 bits per heavy atom. The topological polar surface area (TPSA) is 50.4 Å². The maximum absolute atomic E-state index is 12.3. The summed E-state index contributed by atoms with van der Waals surface area (Å²) in [6, 6.07) is 5.39. The first-order valence-corrected chi connectivity index (χ1v) is 8.65. The zero-order valence-corrected chi connectivity index (χ0v) is 15.6. The van der Waals surface area contributed by atoms with Crippen molar-refractivity contribution >= 4 is 39.2 Å². The van der Waals surface area contributed by atoms with E-state index >= 15 is 0 Å². The van der Waals surface area contributed by atoms with Gasteiger partial charge in [-0.25, -0.2) is 0 Å². The largest absolute Gasteiger partial charge is 0.493 e. The Hall–Kier alpha value is -1.14. The van der Waals surface area contributed by atoms with Gasteiger partial charge in [0, 0.05) is 11.0 Å². The minimum Gasteiger partial charge on any atom is -0.493 e. The summed E-state index contributed by atoms with van der Waals surface area (Å²) in [5, 5.41) is 5.98. The number of carbonyl (C=O) groups excluding carboxylic acids is 1. The van der Waals surface area contributed by atoms with Gasteiger partial charge < -0.3 is 10.1 Å². The van der Waals surface area contributed by atoms with Crippen molar-refractivity contribution in [3.63, 3.8) is 0 Å². The first-order valence-electron chi connectivity index (χ1n) is 7.45. The number of ether oxygens (including phenoxy) is 1. The molecule has 1 aromatic rings. The predicted octanol–water partition coefficient (Wildman–Crippen LogP) is 3.89. The molecule has 2 N–H and O–H groups in total. The summed E-state index contributed by atoms with van der Waals surface area (Å²) in [6.07, 6.45) is 1.88. The van der Waals surface area contributed by atoms with Crippen LogP contribution in [0.5, 0.6) is 5.75 Å². The highest BCUT2D eigenvalue weighted by atomic mass is 79.9. The van der Waals surface area contributed by atoms with Crippen LogP contribution in [-0.4, -0.2) is 24.2 Å². The number of hydrogen-bond donors (Lipinski definition) is 2. The van der Waals surface area contributed by atoms with Crippen LogP contribution in [0.1, 0.15) is 44.0 Å². The van der Waals surface area contributed by atoms with Crippen LogP contribution < -0.4 is 15.4 Å². The fourth-order valence-electron chi connectivity index (χ4n) is 1.66. The van der Waals surface area contributed by atoms with Gasteiger partial charge in [0.2, 0.25) is 0 Å². The maximum Gasteiger partial charge on any atom is 0.261 e. The summed E-state index contributed by atoms with van der Waals surface area (Å²) < 4.78 is 6.56. The highest BCUT2D eigenvalue weighted by Crippen LogP contribution is 2.23. The molecule has 0 saturated heterocycles. The van der Waals surface area contributed by atoms with E-state index in [1.165, 1.54) is 0 Å². The Morgan fingerprint density at radius 1 is 1.41 bits per heavy atom. The monoisotopic (exact) mass is 386 g/mol. The molecule has 1 aromatic carbocycles. The molecule has 0 spiro atoms. The molecule has 0 radical (unpaired) electrons. The Balaban J connectivity index is 2.75. The van der Waals surface area contributed by atoms with Crippen molar-refractivity contribution < 1.29 is 9.53 Å². The summed E-state index contributed by atoms with van der Waals surface area (Å²) in [7, 11) is 0. The molecule has 0 heterocycles. The van der Waals surface area contributed by atoms with Crippen LogP contribution in [0, 0.1) is 5.92 Å². The molecule has 0 aliphatic carbocycles. The second-order valence-corrected chi connectivity index (χ2v) is 6.71. The first kappa shape index (κ1) is 18.9. The minimum atomic E-state index is -0.269. The summed E-state index contributed by atoms with van der Waals surface area (Å²) >= 11 is 8.48. The summed E-state index contributed by atoms with van der Waals surface area (Å²) in [4.78, 5) is 12.3. The van der Waals surface area contributed by atoms with Crippen LogP contribution in [0.3, 0.4) is 0 Å². The highest BCUT2D eigenvalue weighted by Gasteiger charge is 2.14. The molecule has 0 fully saturated rings. The zero-order valence-electron chi connectivity index (χ0n) is 13.2. The standard InChI is InChI=1S/C16H23BrN2O2S/c1-4-8-18-16(22)19-15(20)13-10-12(17)5-6-14(13)21-9-7-11(2)3/h5-6,10-11H,4,7-9H2,1-3H3,(H2,18,19,20,22).